The lowest BCUT2D eigenvalue weighted by molar-refractivity contribution is -0.116. The van der Waals surface area contributed by atoms with E-state index in [0.717, 1.165) is 10.4 Å². The molecule has 0 spiro atoms. The molecule has 184 valence electrons. The fourth-order valence-corrected chi connectivity index (χ4v) is 6.42. The van der Waals surface area contributed by atoms with Crippen molar-refractivity contribution in [2.45, 2.75) is 38.5 Å². The molecule has 1 aromatic heterocycles. The molecule has 0 saturated carbocycles. The number of methoxy groups -OCH3 is 1. The van der Waals surface area contributed by atoms with Crippen LogP contribution in [0.25, 0.3) is 0 Å². The molecule has 11 heteroatoms. The third-order valence-electron chi connectivity index (χ3n) is 5.31. The Balaban J connectivity index is 1.63. The van der Waals surface area contributed by atoms with Crippen molar-refractivity contribution in [3.8, 4) is 0 Å². The van der Waals surface area contributed by atoms with Gasteiger partial charge in [-0.05, 0) is 30.9 Å². The Morgan fingerprint density at radius 1 is 1.18 bits per heavy atom. The molecule has 3 rings (SSSR count). The van der Waals surface area contributed by atoms with Gasteiger partial charge in [0.05, 0.1) is 37.3 Å². The predicted octanol–water partition coefficient (Wildman–Crippen LogP) is 3.38. The maximum Gasteiger partial charge on any atom is 0.410 e. The van der Waals surface area contributed by atoms with Gasteiger partial charge in [-0.25, -0.2) is 18.0 Å². The predicted molar refractivity (Wildman–Crippen MR) is 129 cm³/mol. The van der Waals surface area contributed by atoms with E-state index in [2.05, 4.69) is 5.32 Å². The summed E-state index contributed by atoms with van der Waals surface area (Å²) in [6.07, 6.45) is 0.161. The number of carbonyl (C=O) groups excluding carboxylic acids is 3. The number of thiophene rings is 1. The van der Waals surface area contributed by atoms with Crippen molar-refractivity contribution < 1.29 is 32.3 Å². The molecule has 34 heavy (non-hydrogen) atoms. The fraction of sp³-hybridized carbons (Fsp3) is 0.435. The van der Waals surface area contributed by atoms with Crippen LogP contribution in [0.3, 0.4) is 0 Å². The van der Waals surface area contributed by atoms with Crippen LogP contribution >= 0.6 is 11.3 Å². The van der Waals surface area contributed by atoms with E-state index < -0.39 is 21.9 Å². The summed E-state index contributed by atoms with van der Waals surface area (Å²) in [4.78, 5) is 39.4. The lowest BCUT2D eigenvalue weighted by atomic mass is 10.0. The van der Waals surface area contributed by atoms with Crippen LogP contribution in [0, 0.1) is 0 Å². The van der Waals surface area contributed by atoms with Gasteiger partial charge in [0.15, 0.2) is 9.84 Å². The summed E-state index contributed by atoms with van der Waals surface area (Å²) in [6, 6.07) is 8.88. The molecule has 0 bridgehead atoms. The average molecular weight is 509 g/mol. The largest absolute Gasteiger partial charge is 0.465 e. The number of amides is 2. The summed E-state index contributed by atoms with van der Waals surface area (Å²) < 4.78 is 34.7. The maximum absolute atomic E-state index is 12.6. The first-order valence-electron chi connectivity index (χ1n) is 10.9. The molecular weight excluding hydrogens is 480 g/mol. The zero-order valence-corrected chi connectivity index (χ0v) is 20.8. The minimum absolute atomic E-state index is 0.00779. The molecule has 1 aliphatic rings. The van der Waals surface area contributed by atoms with Crippen LogP contribution in [0.5, 0.6) is 0 Å². The summed E-state index contributed by atoms with van der Waals surface area (Å²) in [6.45, 7) is 2.66. The molecule has 0 aliphatic carbocycles. The molecule has 2 amide bonds. The number of anilines is 1. The molecule has 0 fully saturated rings. The molecule has 0 saturated heterocycles. The van der Waals surface area contributed by atoms with Crippen LogP contribution in [0.15, 0.2) is 30.3 Å². The highest BCUT2D eigenvalue weighted by molar-refractivity contribution is 7.90. The highest BCUT2D eigenvalue weighted by atomic mass is 32.2. The Bertz CT molecular complexity index is 1140. The SMILES string of the molecule is CCOC(=O)N1CCc2c(sc(NC(=O)CCCS(=O)(=O)Cc3ccccc3)c2C(=O)OC)C1. The molecule has 0 atom stereocenters. The van der Waals surface area contributed by atoms with Gasteiger partial charge in [0.25, 0.3) is 0 Å². The number of fused-ring (bicyclic) bond motifs is 1. The van der Waals surface area contributed by atoms with Crippen molar-refractivity contribution in [2.24, 2.45) is 0 Å². The van der Waals surface area contributed by atoms with Crippen molar-refractivity contribution in [1.82, 2.24) is 4.90 Å². The fourth-order valence-electron chi connectivity index (χ4n) is 3.72. The van der Waals surface area contributed by atoms with E-state index in [1.807, 2.05) is 6.07 Å². The van der Waals surface area contributed by atoms with Crippen LogP contribution in [-0.2, 0) is 42.8 Å². The van der Waals surface area contributed by atoms with Crippen molar-refractivity contribution in [3.05, 3.63) is 51.9 Å². The zero-order chi connectivity index (χ0) is 24.7. The monoisotopic (exact) mass is 508 g/mol. The zero-order valence-electron chi connectivity index (χ0n) is 19.2. The molecule has 9 nitrogen and oxygen atoms in total. The van der Waals surface area contributed by atoms with Gasteiger partial charge in [-0.2, -0.15) is 0 Å². The molecule has 0 unspecified atom stereocenters. The highest BCUT2D eigenvalue weighted by Crippen LogP contribution is 2.38. The number of esters is 1. The first-order valence-corrected chi connectivity index (χ1v) is 13.6. The molecule has 2 aromatic rings. The van der Waals surface area contributed by atoms with Gasteiger partial charge in [0, 0.05) is 17.8 Å². The second-order valence-electron chi connectivity index (χ2n) is 7.80. The first kappa shape index (κ1) is 25.7. The number of sulfone groups is 1. The van der Waals surface area contributed by atoms with Crippen molar-refractivity contribution in [2.75, 3.05) is 31.3 Å². The molecular formula is C23H28N2O7S2. The van der Waals surface area contributed by atoms with Gasteiger partial charge in [-0.15, -0.1) is 11.3 Å². The maximum atomic E-state index is 12.6. The molecule has 0 radical (unpaired) electrons. The van der Waals surface area contributed by atoms with E-state index in [-0.39, 0.29) is 49.0 Å². The van der Waals surface area contributed by atoms with Gasteiger partial charge in [0.1, 0.15) is 5.00 Å². The number of hydrogen-bond acceptors (Lipinski definition) is 8. The van der Waals surface area contributed by atoms with E-state index >= 15 is 0 Å². The minimum Gasteiger partial charge on any atom is -0.465 e. The topological polar surface area (TPSA) is 119 Å². The van der Waals surface area contributed by atoms with E-state index in [1.165, 1.54) is 18.4 Å². The standard InChI is InChI=1S/C23H28N2O7S2/c1-3-32-23(28)25-12-11-17-18(14-25)33-21(20(17)22(27)31-2)24-19(26)10-7-13-34(29,30)15-16-8-5-4-6-9-16/h4-6,8-9H,3,7,10-15H2,1-2H3,(H,24,26). The summed E-state index contributed by atoms with van der Waals surface area (Å²) in [7, 11) is -2.08. The summed E-state index contributed by atoms with van der Waals surface area (Å²) >= 11 is 1.21. The van der Waals surface area contributed by atoms with Crippen LogP contribution < -0.4 is 5.32 Å². The van der Waals surface area contributed by atoms with E-state index in [4.69, 9.17) is 9.47 Å². The normalized spacial score (nSPS) is 13.2. The number of rotatable bonds is 9. The summed E-state index contributed by atoms with van der Waals surface area (Å²) in [5.41, 5.74) is 1.74. The number of hydrogen-bond donors (Lipinski definition) is 1. The van der Waals surface area contributed by atoms with Crippen LogP contribution in [0.2, 0.25) is 0 Å². The Hall–Kier alpha value is -2.92. The smallest absolute Gasteiger partial charge is 0.410 e. The molecule has 2 heterocycles. The Morgan fingerprint density at radius 3 is 2.59 bits per heavy atom. The van der Waals surface area contributed by atoms with E-state index in [0.29, 0.717) is 23.5 Å². The second kappa shape index (κ2) is 11.5. The highest BCUT2D eigenvalue weighted by Gasteiger charge is 2.31. The third kappa shape index (κ3) is 6.57. The number of nitrogens with zero attached hydrogens (tertiary/aromatic N) is 1. The van der Waals surface area contributed by atoms with Gasteiger partial charge in [-0.1, -0.05) is 30.3 Å². The Kier molecular flexibility index (Phi) is 8.67. The van der Waals surface area contributed by atoms with Crippen LogP contribution in [0.1, 0.15) is 46.1 Å². The lowest BCUT2D eigenvalue weighted by Gasteiger charge is -2.26. The first-order chi connectivity index (χ1) is 16.2. The third-order valence-corrected chi connectivity index (χ3v) is 8.13. The number of ether oxygens (including phenoxy) is 2. The van der Waals surface area contributed by atoms with E-state index in [9.17, 15) is 22.8 Å². The van der Waals surface area contributed by atoms with Gasteiger partial charge >= 0.3 is 12.1 Å². The number of benzene rings is 1. The quantitative estimate of drug-likeness (QED) is 0.516. The molecule has 1 aliphatic heterocycles. The van der Waals surface area contributed by atoms with Gasteiger partial charge in [0.2, 0.25) is 5.91 Å². The van der Waals surface area contributed by atoms with Crippen molar-refractivity contribution >= 4 is 44.1 Å². The lowest BCUT2D eigenvalue weighted by Crippen LogP contribution is -2.36. The summed E-state index contributed by atoms with van der Waals surface area (Å²) in [5, 5.41) is 3.08. The second-order valence-corrected chi connectivity index (χ2v) is 11.1. The van der Waals surface area contributed by atoms with Crippen LogP contribution in [-0.4, -0.2) is 57.3 Å². The molecule has 1 N–H and O–H groups in total. The minimum atomic E-state index is -3.35. The van der Waals surface area contributed by atoms with Crippen LogP contribution in [0.4, 0.5) is 9.80 Å². The van der Waals surface area contributed by atoms with Gasteiger partial charge < -0.3 is 19.7 Å². The van der Waals surface area contributed by atoms with Gasteiger partial charge in [-0.3, -0.25) is 4.79 Å². The Labute approximate surface area is 203 Å². The van der Waals surface area contributed by atoms with E-state index in [1.54, 1.807) is 36.1 Å². The molecule has 1 aromatic carbocycles. The average Bonchev–Trinajstić information content (AvgIpc) is 3.15. The van der Waals surface area contributed by atoms with Crippen molar-refractivity contribution in [1.29, 1.82) is 0 Å². The van der Waals surface area contributed by atoms with Crippen molar-refractivity contribution in [3.63, 3.8) is 0 Å². The summed E-state index contributed by atoms with van der Waals surface area (Å²) in [5.74, 6) is -1.14. The number of carbonyl (C=O) groups is 3. The Morgan fingerprint density at radius 2 is 1.91 bits per heavy atom. The number of nitrogens with one attached hydrogen (secondary N) is 1.